The van der Waals surface area contributed by atoms with Crippen LogP contribution in [0.5, 0.6) is 0 Å². The summed E-state index contributed by atoms with van der Waals surface area (Å²) in [5, 5.41) is 0. The normalized spacial score (nSPS) is 11.5. The molecule has 0 amide bonds. The molecule has 0 aliphatic heterocycles. The predicted molar refractivity (Wildman–Crippen MR) is 156 cm³/mol. The quantitative estimate of drug-likeness (QED) is 0.0963. The average Bonchev–Trinajstić information content (AvgIpc) is 2.83. The van der Waals surface area contributed by atoms with Crippen LogP contribution in [0.3, 0.4) is 0 Å². The number of benzene rings is 1. The fourth-order valence-electron chi connectivity index (χ4n) is 5.40. The van der Waals surface area contributed by atoms with Gasteiger partial charge >= 0.3 is 0 Å². The molecular weight excluding hydrogens is 451 g/mol. The van der Waals surface area contributed by atoms with Gasteiger partial charge in [0, 0.05) is 7.26 Å². The van der Waals surface area contributed by atoms with Gasteiger partial charge in [0.15, 0.2) is 0 Å². The number of unbranched alkanes of at least 4 members (excludes halogenated alkanes) is 16. The van der Waals surface area contributed by atoms with Gasteiger partial charge in [-0.05, 0) is 44.1 Å². The molecule has 0 aromatic heterocycles. The van der Waals surface area contributed by atoms with Crippen LogP contribution in [-0.2, 0) is 6.16 Å². The van der Waals surface area contributed by atoms with E-state index in [-0.39, 0.29) is 12.4 Å². The van der Waals surface area contributed by atoms with Crippen LogP contribution in [0.25, 0.3) is 0 Å². The Hall–Kier alpha value is -0.0600. The van der Waals surface area contributed by atoms with Gasteiger partial charge in [0.2, 0.25) is 0 Å². The third-order valence-corrected chi connectivity index (χ3v) is 12.4. The minimum absolute atomic E-state index is 0. The van der Waals surface area contributed by atoms with E-state index in [0.29, 0.717) is 0 Å². The molecule has 34 heavy (non-hydrogen) atoms. The second-order valence-electron chi connectivity index (χ2n) is 10.8. The summed E-state index contributed by atoms with van der Waals surface area (Å²) in [6.07, 6.45) is 33.7. The first-order valence-corrected chi connectivity index (χ1v) is 17.7. The highest BCUT2D eigenvalue weighted by Gasteiger charge is 2.35. The standard InChI is InChI=1S/C32H60P.ClH/c1-4-7-10-13-16-19-25-30-33(28-23-17-14-11-8-5-2,29-24-18-15-12-9-6-3)31-32-26-21-20-22-27-32;/h20-22,26-27H,4-19,23-25,28-31H2,1-3H3;1H/q+1;/p-1. The molecule has 1 aromatic carbocycles. The fraction of sp³-hybridized carbons (Fsp3) is 0.812. The molecule has 0 aliphatic rings. The van der Waals surface area contributed by atoms with Crippen LogP contribution in [0.2, 0.25) is 0 Å². The van der Waals surface area contributed by atoms with Gasteiger partial charge in [0.1, 0.15) is 0 Å². The third-order valence-electron chi connectivity index (χ3n) is 7.57. The molecule has 0 heterocycles. The second-order valence-corrected chi connectivity index (χ2v) is 15.2. The molecule has 0 fully saturated rings. The molecule has 0 atom stereocenters. The summed E-state index contributed by atoms with van der Waals surface area (Å²) in [7, 11) is -0.891. The van der Waals surface area contributed by atoms with Crippen molar-refractivity contribution < 1.29 is 12.4 Å². The highest BCUT2D eigenvalue weighted by atomic mass is 35.5. The Labute approximate surface area is 222 Å². The molecule has 0 nitrogen and oxygen atoms in total. The van der Waals surface area contributed by atoms with Crippen molar-refractivity contribution in [2.45, 2.75) is 149 Å². The lowest BCUT2D eigenvalue weighted by Crippen LogP contribution is -3.00. The van der Waals surface area contributed by atoms with Gasteiger partial charge in [0.25, 0.3) is 0 Å². The zero-order chi connectivity index (χ0) is 23.9. The van der Waals surface area contributed by atoms with Crippen LogP contribution in [0.4, 0.5) is 0 Å². The summed E-state index contributed by atoms with van der Waals surface area (Å²) in [5.74, 6) is 0. The Morgan fingerprint density at radius 3 is 1.12 bits per heavy atom. The smallest absolute Gasteiger partial charge is 0.0842 e. The van der Waals surface area contributed by atoms with Crippen molar-refractivity contribution in [2.75, 3.05) is 18.5 Å². The number of hydrogen-bond donors (Lipinski definition) is 0. The fourth-order valence-corrected chi connectivity index (χ4v) is 10.2. The topological polar surface area (TPSA) is 0 Å². The van der Waals surface area contributed by atoms with E-state index in [1.54, 1.807) is 24.0 Å². The zero-order valence-electron chi connectivity index (χ0n) is 23.5. The van der Waals surface area contributed by atoms with E-state index in [9.17, 15) is 0 Å². The molecule has 0 N–H and O–H groups in total. The zero-order valence-corrected chi connectivity index (χ0v) is 25.1. The van der Waals surface area contributed by atoms with Crippen LogP contribution >= 0.6 is 7.26 Å². The summed E-state index contributed by atoms with van der Waals surface area (Å²) in [6, 6.07) is 11.6. The number of hydrogen-bond acceptors (Lipinski definition) is 0. The highest BCUT2D eigenvalue weighted by Crippen LogP contribution is 2.63. The molecule has 1 rings (SSSR count). The lowest BCUT2D eigenvalue weighted by molar-refractivity contribution is -0.00000738. The SMILES string of the molecule is CCCCCCCCC[P+](CCCCCCCC)(CCCCCCCC)Cc1ccccc1.[Cl-]. The first-order chi connectivity index (χ1) is 16.3. The molecule has 0 radical (unpaired) electrons. The largest absolute Gasteiger partial charge is 1.00 e. The van der Waals surface area contributed by atoms with Crippen molar-refractivity contribution in [3.8, 4) is 0 Å². The van der Waals surface area contributed by atoms with E-state index >= 15 is 0 Å². The third kappa shape index (κ3) is 18.2. The van der Waals surface area contributed by atoms with E-state index in [1.165, 1.54) is 128 Å². The molecular formula is C32H60ClP. The van der Waals surface area contributed by atoms with Crippen molar-refractivity contribution >= 4 is 7.26 Å². The van der Waals surface area contributed by atoms with Crippen molar-refractivity contribution in [1.82, 2.24) is 0 Å². The first kappa shape index (κ1) is 33.9. The maximum absolute atomic E-state index is 2.42. The Kier molecular flexibility index (Phi) is 24.6. The molecule has 1 aromatic rings. The summed E-state index contributed by atoms with van der Waals surface area (Å²) in [5.41, 5.74) is 1.63. The van der Waals surface area contributed by atoms with E-state index in [0.717, 1.165) is 0 Å². The molecule has 0 unspecified atom stereocenters. The number of halogens is 1. The van der Waals surface area contributed by atoms with Crippen LogP contribution in [-0.4, -0.2) is 18.5 Å². The van der Waals surface area contributed by atoms with E-state index in [2.05, 4.69) is 51.1 Å². The summed E-state index contributed by atoms with van der Waals surface area (Å²) in [6.45, 7) is 6.99. The Morgan fingerprint density at radius 2 is 0.765 bits per heavy atom. The van der Waals surface area contributed by atoms with Crippen LogP contribution in [0.1, 0.15) is 148 Å². The highest BCUT2D eigenvalue weighted by molar-refractivity contribution is 7.75. The van der Waals surface area contributed by atoms with Gasteiger partial charge in [-0.15, -0.1) is 0 Å². The maximum Gasteiger partial charge on any atom is 0.0842 e. The maximum atomic E-state index is 2.42. The lowest BCUT2D eigenvalue weighted by atomic mass is 10.1. The lowest BCUT2D eigenvalue weighted by Gasteiger charge is -2.28. The van der Waals surface area contributed by atoms with Crippen LogP contribution in [0.15, 0.2) is 30.3 Å². The average molecular weight is 511 g/mol. The molecule has 0 saturated carbocycles. The van der Waals surface area contributed by atoms with E-state index < -0.39 is 7.26 Å². The van der Waals surface area contributed by atoms with Crippen molar-refractivity contribution in [3.05, 3.63) is 35.9 Å². The molecule has 2 heteroatoms. The van der Waals surface area contributed by atoms with Gasteiger partial charge in [-0.3, -0.25) is 0 Å². The van der Waals surface area contributed by atoms with Gasteiger partial charge in [-0.1, -0.05) is 135 Å². The van der Waals surface area contributed by atoms with E-state index in [1.807, 2.05) is 0 Å². The summed E-state index contributed by atoms with van der Waals surface area (Å²) in [4.78, 5) is 0. The molecule has 0 saturated heterocycles. The first-order valence-electron chi connectivity index (χ1n) is 15.2. The van der Waals surface area contributed by atoms with Gasteiger partial charge in [-0.25, -0.2) is 0 Å². The molecule has 0 spiro atoms. The Bertz CT molecular complexity index is 499. The molecule has 200 valence electrons. The van der Waals surface area contributed by atoms with Crippen LogP contribution in [0, 0.1) is 0 Å². The predicted octanol–water partition coefficient (Wildman–Crippen LogP) is 8.68. The minimum atomic E-state index is -0.891. The molecule has 0 aliphatic carbocycles. The Morgan fingerprint density at radius 1 is 0.441 bits per heavy atom. The Balaban J connectivity index is 0.0000109. The van der Waals surface area contributed by atoms with Crippen molar-refractivity contribution in [3.63, 3.8) is 0 Å². The summed E-state index contributed by atoms with van der Waals surface area (Å²) < 4.78 is 0. The summed E-state index contributed by atoms with van der Waals surface area (Å²) >= 11 is 0. The van der Waals surface area contributed by atoms with Gasteiger partial charge in [0.05, 0.1) is 24.6 Å². The number of rotatable bonds is 24. The van der Waals surface area contributed by atoms with Crippen LogP contribution < -0.4 is 12.4 Å². The van der Waals surface area contributed by atoms with E-state index in [4.69, 9.17) is 0 Å². The molecule has 0 bridgehead atoms. The van der Waals surface area contributed by atoms with Gasteiger partial charge < -0.3 is 12.4 Å². The van der Waals surface area contributed by atoms with Gasteiger partial charge in [-0.2, -0.15) is 0 Å². The van der Waals surface area contributed by atoms with Crippen molar-refractivity contribution in [1.29, 1.82) is 0 Å². The second kappa shape index (κ2) is 24.6. The van der Waals surface area contributed by atoms with Crippen molar-refractivity contribution in [2.24, 2.45) is 0 Å². The monoisotopic (exact) mass is 510 g/mol. The minimum Gasteiger partial charge on any atom is -1.00 e.